The van der Waals surface area contributed by atoms with Crippen LogP contribution in [-0.2, 0) is 6.18 Å². The second-order valence-electron chi connectivity index (χ2n) is 3.47. The minimum atomic E-state index is -4.51. The molecule has 0 aromatic heterocycles. The average molecular weight is 318 g/mol. The second kappa shape index (κ2) is 5.30. The molecule has 17 heavy (non-hydrogen) atoms. The Morgan fingerprint density at radius 2 is 1.82 bits per heavy atom. The molecule has 0 saturated carbocycles. The van der Waals surface area contributed by atoms with Crippen LogP contribution >= 0.6 is 15.9 Å². The van der Waals surface area contributed by atoms with Crippen molar-refractivity contribution in [3.05, 3.63) is 33.8 Å². The summed E-state index contributed by atoms with van der Waals surface area (Å²) in [4.78, 5) is 0. The number of rotatable bonds is 3. The van der Waals surface area contributed by atoms with Crippen LogP contribution in [0.5, 0.6) is 0 Å². The Morgan fingerprint density at radius 3 is 2.29 bits per heavy atom. The van der Waals surface area contributed by atoms with E-state index in [1.54, 1.807) is 0 Å². The van der Waals surface area contributed by atoms with Crippen molar-refractivity contribution in [2.75, 3.05) is 0 Å². The van der Waals surface area contributed by atoms with Crippen molar-refractivity contribution in [3.63, 3.8) is 0 Å². The summed E-state index contributed by atoms with van der Waals surface area (Å²) in [6.07, 6.45) is -7.86. The molecule has 0 spiro atoms. The van der Waals surface area contributed by atoms with E-state index in [1.165, 1.54) is 0 Å². The number of benzene rings is 1. The van der Waals surface area contributed by atoms with Gasteiger partial charge in [0.2, 0.25) is 6.43 Å². The molecule has 0 fully saturated rings. The summed E-state index contributed by atoms with van der Waals surface area (Å²) >= 11 is 3.00. The highest BCUT2D eigenvalue weighted by Crippen LogP contribution is 2.34. The topological polar surface area (TPSA) is 26.0 Å². The highest BCUT2D eigenvalue weighted by atomic mass is 79.9. The molecule has 0 heterocycles. The third kappa shape index (κ3) is 3.92. The van der Waals surface area contributed by atoms with Gasteiger partial charge in [-0.1, -0.05) is 15.9 Å². The Bertz CT molecular complexity index is 391. The molecule has 1 nitrogen and oxygen atoms in total. The third-order valence-electron chi connectivity index (χ3n) is 2.15. The second-order valence-corrected chi connectivity index (χ2v) is 4.32. The van der Waals surface area contributed by atoms with Crippen LogP contribution in [0.15, 0.2) is 22.7 Å². The van der Waals surface area contributed by atoms with Crippen molar-refractivity contribution in [1.29, 1.82) is 0 Å². The predicted octanol–water partition coefficient (Wildman–Crippen LogP) is 4.12. The van der Waals surface area contributed by atoms with Gasteiger partial charge >= 0.3 is 6.18 Å². The predicted molar refractivity (Wildman–Crippen MR) is 56.7 cm³/mol. The first-order valence-corrected chi connectivity index (χ1v) is 5.41. The summed E-state index contributed by atoms with van der Waals surface area (Å²) in [6.45, 7) is 0. The standard InChI is InChI=1S/C10H9BrF5N/c11-7-2-1-5(10(14,15)16)3-6(7)8(17)4-9(12)13/h1-3,8-9H,4,17H2/t8-/m1/s1. The van der Waals surface area contributed by atoms with Gasteiger partial charge in [0.25, 0.3) is 0 Å². The summed E-state index contributed by atoms with van der Waals surface area (Å²) < 4.78 is 61.8. The summed E-state index contributed by atoms with van der Waals surface area (Å²) in [5.41, 5.74) is 4.56. The zero-order chi connectivity index (χ0) is 13.2. The van der Waals surface area contributed by atoms with Gasteiger partial charge in [-0.2, -0.15) is 13.2 Å². The number of alkyl halides is 5. The fraction of sp³-hybridized carbons (Fsp3) is 0.400. The minimum absolute atomic E-state index is 0.0279. The fourth-order valence-electron chi connectivity index (χ4n) is 1.32. The molecule has 0 radical (unpaired) electrons. The quantitative estimate of drug-likeness (QED) is 0.834. The van der Waals surface area contributed by atoms with Crippen LogP contribution in [0.25, 0.3) is 0 Å². The number of hydrogen-bond acceptors (Lipinski definition) is 1. The van der Waals surface area contributed by atoms with Crippen molar-refractivity contribution in [1.82, 2.24) is 0 Å². The highest BCUT2D eigenvalue weighted by Gasteiger charge is 2.31. The van der Waals surface area contributed by atoms with Crippen LogP contribution in [0.1, 0.15) is 23.6 Å². The van der Waals surface area contributed by atoms with Gasteiger partial charge in [0.15, 0.2) is 0 Å². The maximum absolute atomic E-state index is 12.4. The van der Waals surface area contributed by atoms with Crippen molar-refractivity contribution < 1.29 is 22.0 Å². The lowest BCUT2D eigenvalue weighted by atomic mass is 10.0. The van der Waals surface area contributed by atoms with Gasteiger partial charge in [-0.3, -0.25) is 0 Å². The van der Waals surface area contributed by atoms with Crippen molar-refractivity contribution >= 4 is 15.9 Å². The summed E-state index contributed by atoms with van der Waals surface area (Å²) in [6, 6.07) is 1.68. The molecule has 0 aliphatic heterocycles. The molecule has 1 aromatic rings. The van der Waals surface area contributed by atoms with Gasteiger partial charge in [0.05, 0.1) is 5.56 Å². The van der Waals surface area contributed by atoms with Crippen molar-refractivity contribution in [2.45, 2.75) is 25.1 Å². The molecule has 0 aliphatic rings. The third-order valence-corrected chi connectivity index (χ3v) is 2.88. The molecule has 0 unspecified atom stereocenters. The number of halogens is 6. The fourth-order valence-corrected chi connectivity index (χ4v) is 1.86. The van der Waals surface area contributed by atoms with E-state index in [1.807, 2.05) is 0 Å². The van der Waals surface area contributed by atoms with E-state index in [-0.39, 0.29) is 5.56 Å². The molecule has 0 saturated heterocycles. The highest BCUT2D eigenvalue weighted by molar-refractivity contribution is 9.10. The van der Waals surface area contributed by atoms with Crippen LogP contribution in [-0.4, -0.2) is 6.43 Å². The van der Waals surface area contributed by atoms with Gasteiger partial charge in [-0.15, -0.1) is 0 Å². The molecular formula is C10H9BrF5N. The molecule has 2 N–H and O–H groups in total. The Balaban J connectivity index is 3.06. The van der Waals surface area contributed by atoms with E-state index in [0.717, 1.165) is 18.2 Å². The number of hydrogen-bond donors (Lipinski definition) is 1. The zero-order valence-electron chi connectivity index (χ0n) is 8.44. The molecule has 0 bridgehead atoms. The molecule has 0 amide bonds. The lowest BCUT2D eigenvalue weighted by Crippen LogP contribution is -2.16. The van der Waals surface area contributed by atoms with Gasteiger partial charge in [-0.25, -0.2) is 8.78 Å². The van der Waals surface area contributed by atoms with Crippen LogP contribution in [0.4, 0.5) is 22.0 Å². The van der Waals surface area contributed by atoms with E-state index in [4.69, 9.17) is 5.73 Å². The van der Waals surface area contributed by atoms with Gasteiger partial charge < -0.3 is 5.73 Å². The van der Waals surface area contributed by atoms with Crippen LogP contribution < -0.4 is 5.73 Å². The first-order chi connectivity index (χ1) is 7.71. The average Bonchev–Trinajstić information content (AvgIpc) is 2.15. The van der Waals surface area contributed by atoms with Gasteiger partial charge in [-0.05, 0) is 23.8 Å². The normalized spacial score (nSPS) is 14.1. The van der Waals surface area contributed by atoms with Crippen LogP contribution in [0, 0.1) is 0 Å². The first kappa shape index (κ1) is 14.4. The molecular weight excluding hydrogens is 309 g/mol. The van der Waals surface area contributed by atoms with E-state index in [9.17, 15) is 22.0 Å². The van der Waals surface area contributed by atoms with Crippen LogP contribution in [0.3, 0.4) is 0 Å². The smallest absolute Gasteiger partial charge is 0.324 e. The monoisotopic (exact) mass is 317 g/mol. The molecule has 0 aliphatic carbocycles. The lowest BCUT2D eigenvalue weighted by Gasteiger charge is -2.16. The largest absolute Gasteiger partial charge is 0.416 e. The Labute approximate surface area is 103 Å². The maximum Gasteiger partial charge on any atom is 0.416 e. The van der Waals surface area contributed by atoms with Crippen LogP contribution in [0.2, 0.25) is 0 Å². The number of nitrogens with two attached hydrogens (primary N) is 1. The van der Waals surface area contributed by atoms with E-state index in [2.05, 4.69) is 15.9 Å². The van der Waals surface area contributed by atoms with E-state index < -0.39 is 30.6 Å². The molecule has 1 rings (SSSR count). The van der Waals surface area contributed by atoms with Gasteiger partial charge in [0.1, 0.15) is 0 Å². The van der Waals surface area contributed by atoms with Crippen molar-refractivity contribution in [3.8, 4) is 0 Å². The summed E-state index contributed by atoms with van der Waals surface area (Å²) in [5.74, 6) is 0. The molecule has 96 valence electrons. The van der Waals surface area contributed by atoms with E-state index >= 15 is 0 Å². The minimum Gasteiger partial charge on any atom is -0.324 e. The van der Waals surface area contributed by atoms with Gasteiger partial charge in [0, 0.05) is 16.9 Å². The van der Waals surface area contributed by atoms with E-state index in [0.29, 0.717) is 4.47 Å². The first-order valence-electron chi connectivity index (χ1n) is 4.62. The zero-order valence-corrected chi connectivity index (χ0v) is 10.0. The SMILES string of the molecule is N[C@H](CC(F)F)c1cc(C(F)(F)F)ccc1Br. The molecule has 7 heteroatoms. The molecule has 1 atom stereocenters. The molecule has 1 aromatic carbocycles. The Morgan fingerprint density at radius 1 is 1.24 bits per heavy atom. The van der Waals surface area contributed by atoms with Crippen molar-refractivity contribution in [2.24, 2.45) is 5.73 Å². The Kier molecular flexibility index (Phi) is 4.48. The maximum atomic E-state index is 12.4. The summed E-state index contributed by atoms with van der Waals surface area (Å²) in [7, 11) is 0. The summed E-state index contributed by atoms with van der Waals surface area (Å²) in [5, 5.41) is 0. The lowest BCUT2D eigenvalue weighted by molar-refractivity contribution is -0.137. The Hall–Kier alpha value is -0.690.